The lowest BCUT2D eigenvalue weighted by atomic mass is 9.76. The van der Waals surface area contributed by atoms with Gasteiger partial charge < -0.3 is 14.3 Å². The predicted octanol–water partition coefficient (Wildman–Crippen LogP) is 9.19. The van der Waals surface area contributed by atoms with Crippen molar-refractivity contribution >= 4 is 25.2 Å². The Balaban J connectivity index is 1.40. The summed E-state index contributed by atoms with van der Waals surface area (Å²) in [5.41, 5.74) is 3.82. The van der Waals surface area contributed by atoms with E-state index in [2.05, 4.69) is 173 Å². The van der Waals surface area contributed by atoms with Crippen LogP contribution in [0.25, 0.3) is 11.0 Å². The quantitative estimate of drug-likeness (QED) is 0.126. The first-order valence-electron chi connectivity index (χ1n) is 17.5. The largest absolute Gasteiger partial charge is 0.416 e. The van der Waals surface area contributed by atoms with Crippen LogP contribution in [0.5, 0.6) is 0 Å². The van der Waals surface area contributed by atoms with Gasteiger partial charge in [-0.05, 0) is 74.0 Å². The molecule has 7 heteroatoms. The van der Waals surface area contributed by atoms with Crippen molar-refractivity contribution in [3.8, 4) is 0 Å². The van der Waals surface area contributed by atoms with Crippen molar-refractivity contribution in [1.29, 1.82) is 0 Å². The van der Waals surface area contributed by atoms with Crippen LogP contribution in [0, 0.1) is 5.92 Å². The molecule has 1 fully saturated rings. The summed E-state index contributed by atoms with van der Waals surface area (Å²) >= 11 is 0. The molecule has 1 N–H and O–H groups in total. The van der Waals surface area contributed by atoms with E-state index >= 15 is 0 Å². The summed E-state index contributed by atoms with van der Waals surface area (Å²) in [5.74, 6) is 1.32. The maximum Gasteiger partial charge on any atom is 0.191 e. The fourth-order valence-electron chi connectivity index (χ4n) is 7.01. The maximum absolute atomic E-state index is 6.79. The Morgan fingerprint density at radius 3 is 1.79 bits per heavy atom. The SMILES string of the molecule is CC(C)(C)N1C[C@H](CO[Si](C)(C)C(C)(C)C)C[C@H](Nc2ncnc3c2ccn3C(c2ccccc2)(c2ccccc2)c2ccccc2)C1. The van der Waals surface area contributed by atoms with Gasteiger partial charge in [0.1, 0.15) is 23.3 Å². The van der Waals surface area contributed by atoms with E-state index in [1.807, 2.05) is 0 Å². The van der Waals surface area contributed by atoms with Crippen LogP contribution in [0.1, 0.15) is 64.7 Å². The van der Waals surface area contributed by atoms with Gasteiger partial charge in [-0.2, -0.15) is 0 Å². The molecular formula is C41H53N5OSi. The van der Waals surface area contributed by atoms with Gasteiger partial charge in [0, 0.05) is 37.5 Å². The van der Waals surface area contributed by atoms with E-state index < -0.39 is 13.9 Å². The van der Waals surface area contributed by atoms with Crippen LogP contribution in [0.4, 0.5) is 5.82 Å². The average Bonchev–Trinajstić information content (AvgIpc) is 3.50. The highest BCUT2D eigenvalue weighted by Gasteiger charge is 2.41. The van der Waals surface area contributed by atoms with Gasteiger partial charge in [-0.3, -0.25) is 4.90 Å². The minimum atomic E-state index is -1.85. The van der Waals surface area contributed by atoms with Gasteiger partial charge in [0.15, 0.2) is 8.32 Å². The molecule has 1 aliphatic heterocycles. The topological polar surface area (TPSA) is 55.2 Å². The standard InChI is InChI=1S/C41H53N5OSi/c1-39(2,3)45-27-31(29-47-48(7,8)40(4,5)6)26-35(28-45)44-37-36-24-25-46(38(36)43-30-42-37)41(32-18-12-9-13-19-32,33-20-14-10-15-21-33)34-22-16-11-17-23-34/h9-25,30-31,35H,26-29H2,1-8H3,(H,42,43,44)/t31-,35+/m1/s1. The number of nitrogens with one attached hydrogen (secondary N) is 1. The summed E-state index contributed by atoms with van der Waals surface area (Å²) < 4.78 is 9.13. The predicted molar refractivity (Wildman–Crippen MR) is 202 cm³/mol. The monoisotopic (exact) mass is 659 g/mol. The summed E-state index contributed by atoms with van der Waals surface area (Å²) in [7, 11) is -1.85. The zero-order chi connectivity index (χ0) is 34.2. The number of aromatic nitrogens is 3. The second-order valence-corrected chi connectivity index (χ2v) is 20.9. The highest BCUT2D eigenvalue weighted by Crippen LogP contribution is 2.43. The Morgan fingerprint density at radius 1 is 0.750 bits per heavy atom. The maximum atomic E-state index is 6.79. The van der Waals surface area contributed by atoms with E-state index in [-0.39, 0.29) is 16.6 Å². The lowest BCUT2D eigenvalue weighted by molar-refractivity contribution is 0.0519. The zero-order valence-electron chi connectivity index (χ0n) is 30.1. The van der Waals surface area contributed by atoms with Crippen molar-refractivity contribution < 1.29 is 4.43 Å². The van der Waals surface area contributed by atoms with Gasteiger partial charge in [0.05, 0.1) is 5.39 Å². The van der Waals surface area contributed by atoms with Crippen LogP contribution in [0.3, 0.4) is 0 Å². The van der Waals surface area contributed by atoms with Crippen molar-refractivity contribution in [3.05, 3.63) is 126 Å². The van der Waals surface area contributed by atoms with Crippen molar-refractivity contribution in [2.45, 2.75) is 83.2 Å². The number of piperidine rings is 1. The van der Waals surface area contributed by atoms with Gasteiger partial charge >= 0.3 is 0 Å². The van der Waals surface area contributed by atoms with Crippen molar-refractivity contribution in [2.24, 2.45) is 5.92 Å². The van der Waals surface area contributed by atoms with E-state index in [0.29, 0.717) is 5.92 Å². The number of anilines is 1. The molecular weight excluding hydrogens is 607 g/mol. The lowest BCUT2D eigenvalue weighted by Crippen LogP contribution is -2.55. The van der Waals surface area contributed by atoms with E-state index in [1.165, 1.54) is 16.7 Å². The molecule has 0 saturated carbocycles. The fraction of sp³-hybridized carbons (Fsp3) is 0.415. The minimum Gasteiger partial charge on any atom is -0.416 e. The van der Waals surface area contributed by atoms with Gasteiger partial charge in [-0.25, -0.2) is 9.97 Å². The van der Waals surface area contributed by atoms with Gasteiger partial charge in [-0.15, -0.1) is 0 Å². The Labute approximate surface area is 288 Å². The van der Waals surface area contributed by atoms with Gasteiger partial charge in [0.25, 0.3) is 0 Å². The summed E-state index contributed by atoms with van der Waals surface area (Å²) in [6.45, 7) is 21.4. The molecule has 6 nitrogen and oxygen atoms in total. The highest BCUT2D eigenvalue weighted by atomic mass is 28.4. The van der Waals surface area contributed by atoms with Crippen LogP contribution >= 0.6 is 0 Å². The highest BCUT2D eigenvalue weighted by molar-refractivity contribution is 6.74. The number of nitrogens with zero attached hydrogens (tertiary/aromatic N) is 4. The van der Waals surface area contributed by atoms with E-state index in [1.54, 1.807) is 6.33 Å². The molecule has 0 unspecified atom stereocenters. The van der Waals surface area contributed by atoms with Gasteiger partial charge in [-0.1, -0.05) is 112 Å². The normalized spacial score (nSPS) is 18.2. The van der Waals surface area contributed by atoms with Crippen LogP contribution in [0.2, 0.25) is 18.1 Å². The number of rotatable bonds is 9. The van der Waals surface area contributed by atoms with Crippen molar-refractivity contribution in [3.63, 3.8) is 0 Å². The number of likely N-dealkylation sites (tertiary alicyclic amines) is 1. The van der Waals surface area contributed by atoms with E-state index in [4.69, 9.17) is 14.4 Å². The van der Waals surface area contributed by atoms with E-state index in [9.17, 15) is 0 Å². The molecule has 2 aromatic heterocycles. The first kappa shape index (κ1) is 34.1. The molecule has 0 amide bonds. The molecule has 48 heavy (non-hydrogen) atoms. The van der Waals surface area contributed by atoms with Crippen LogP contribution in [0.15, 0.2) is 110 Å². The van der Waals surface area contributed by atoms with Crippen molar-refractivity contribution in [2.75, 3.05) is 25.0 Å². The molecule has 0 bridgehead atoms. The van der Waals surface area contributed by atoms with Gasteiger partial charge in [0.2, 0.25) is 0 Å². The minimum absolute atomic E-state index is 0.0561. The number of benzene rings is 3. The summed E-state index contributed by atoms with van der Waals surface area (Å²) in [6, 6.07) is 34.7. The smallest absolute Gasteiger partial charge is 0.191 e. The summed E-state index contributed by atoms with van der Waals surface area (Å²) in [5, 5.41) is 5.13. The van der Waals surface area contributed by atoms with Crippen LogP contribution in [-0.4, -0.2) is 59.0 Å². The lowest BCUT2D eigenvalue weighted by Gasteiger charge is -2.46. The Kier molecular flexibility index (Phi) is 9.42. The summed E-state index contributed by atoms with van der Waals surface area (Å²) in [4.78, 5) is 12.5. The van der Waals surface area contributed by atoms with Crippen LogP contribution in [-0.2, 0) is 9.96 Å². The Bertz CT molecular complexity index is 1690. The third-order valence-electron chi connectivity index (χ3n) is 10.7. The first-order valence-corrected chi connectivity index (χ1v) is 20.4. The second-order valence-electron chi connectivity index (χ2n) is 16.0. The number of hydrogen-bond acceptors (Lipinski definition) is 5. The first-order chi connectivity index (χ1) is 22.8. The second kappa shape index (κ2) is 13.3. The zero-order valence-corrected chi connectivity index (χ0v) is 31.1. The molecule has 0 radical (unpaired) electrons. The average molecular weight is 660 g/mol. The molecule has 1 saturated heterocycles. The molecule has 3 heterocycles. The molecule has 1 aliphatic rings. The molecule has 5 aromatic rings. The number of hydrogen-bond donors (Lipinski definition) is 1. The molecule has 6 rings (SSSR count). The molecule has 2 atom stereocenters. The Morgan fingerprint density at radius 2 is 1.29 bits per heavy atom. The number of fused-ring (bicyclic) bond motifs is 1. The van der Waals surface area contributed by atoms with Crippen molar-refractivity contribution in [1.82, 2.24) is 19.4 Å². The molecule has 0 spiro atoms. The third kappa shape index (κ3) is 6.60. The third-order valence-corrected chi connectivity index (χ3v) is 15.2. The summed E-state index contributed by atoms with van der Waals surface area (Å²) in [6.07, 6.45) is 4.94. The fourth-order valence-corrected chi connectivity index (χ4v) is 8.09. The molecule has 252 valence electrons. The van der Waals surface area contributed by atoms with E-state index in [0.717, 1.165) is 43.0 Å². The Hall–Kier alpha value is -3.78. The van der Waals surface area contributed by atoms with Crippen LogP contribution < -0.4 is 5.32 Å². The molecule has 3 aromatic carbocycles. The molecule has 0 aliphatic carbocycles.